The molecule has 2 aliphatic rings. The number of rotatable bonds is 5. The Morgan fingerprint density at radius 3 is 2.17 bits per heavy atom. The van der Waals surface area contributed by atoms with Gasteiger partial charge in [0.2, 0.25) is 5.17 Å². The normalized spacial score (nSPS) is 16.6. The number of carbonyl (C=O) groups excluding carboxylic acids is 1. The number of fused-ring (bicyclic) bond motifs is 1. The van der Waals surface area contributed by atoms with Crippen molar-refractivity contribution in [3.05, 3.63) is 101 Å². The summed E-state index contributed by atoms with van der Waals surface area (Å²) in [5.74, 6) is -0.491. The number of hydrazone groups is 1. The first kappa shape index (κ1) is 23.7. The molecule has 5 rings (SSSR count). The molecule has 3 aromatic carbocycles. The molecule has 1 N–H and O–H groups in total. The van der Waals surface area contributed by atoms with E-state index in [-0.39, 0.29) is 22.1 Å². The summed E-state index contributed by atoms with van der Waals surface area (Å²) in [4.78, 5) is 16.9. The van der Waals surface area contributed by atoms with Gasteiger partial charge < -0.3 is 4.18 Å². The van der Waals surface area contributed by atoms with Crippen molar-refractivity contribution in [1.29, 1.82) is 5.41 Å². The van der Waals surface area contributed by atoms with Crippen molar-refractivity contribution in [2.24, 2.45) is 10.1 Å². The third kappa shape index (κ3) is 4.73. The lowest BCUT2D eigenvalue weighted by Crippen LogP contribution is -2.35. The van der Waals surface area contributed by atoms with Gasteiger partial charge in [-0.1, -0.05) is 59.7 Å². The van der Waals surface area contributed by atoms with E-state index < -0.39 is 16.0 Å². The Morgan fingerprint density at radius 1 is 0.917 bits per heavy atom. The summed E-state index contributed by atoms with van der Waals surface area (Å²) >= 11 is 1.24. The Labute approximate surface area is 212 Å². The topological polar surface area (TPSA) is 112 Å². The number of hydrogen-bond donors (Lipinski definition) is 1. The van der Waals surface area contributed by atoms with Crippen LogP contribution in [0.15, 0.2) is 93.4 Å². The molecule has 180 valence electrons. The van der Waals surface area contributed by atoms with Crippen LogP contribution in [0, 0.1) is 19.3 Å². The number of aliphatic imine (C=N–C) groups is 1. The first-order valence-corrected chi connectivity index (χ1v) is 13.1. The molecule has 0 fully saturated rings. The van der Waals surface area contributed by atoms with Gasteiger partial charge in [0.15, 0.2) is 5.84 Å². The number of benzene rings is 3. The molecular weight excluding hydrogens is 496 g/mol. The van der Waals surface area contributed by atoms with Crippen molar-refractivity contribution >= 4 is 49.9 Å². The molecule has 2 heterocycles. The Kier molecular flexibility index (Phi) is 6.07. The summed E-state index contributed by atoms with van der Waals surface area (Å²) in [7, 11) is -3.97. The highest BCUT2D eigenvalue weighted by Crippen LogP contribution is 2.31. The molecule has 0 aromatic heterocycles. The minimum atomic E-state index is -3.97. The lowest BCUT2D eigenvalue weighted by Gasteiger charge is -2.20. The van der Waals surface area contributed by atoms with Gasteiger partial charge in [-0.25, -0.2) is 0 Å². The monoisotopic (exact) mass is 516 g/mol. The maximum Gasteiger partial charge on any atom is 0.339 e. The highest BCUT2D eigenvalue weighted by atomic mass is 32.2. The van der Waals surface area contributed by atoms with Crippen LogP contribution in [-0.2, 0) is 14.9 Å². The Morgan fingerprint density at radius 2 is 1.53 bits per heavy atom. The van der Waals surface area contributed by atoms with Crippen molar-refractivity contribution in [1.82, 2.24) is 5.01 Å². The molecular formula is C26H20N4O4S2. The maximum absolute atomic E-state index is 12.7. The van der Waals surface area contributed by atoms with Crippen LogP contribution < -0.4 is 4.18 Å². The Balaban J connectivity index is 1.35. The SMILES string of the molecule is Cc1ccc(C2=NN3C(=N)/C(=C/c4ccc(OS(=O)(=O)c5ccc(C)cc5)cc4)C(=O)N=C3S2)cc1. The number of amidine groups is 2. The minimum absolute atomic E-state index is 0.0586. The maximum atomic E-state index is 12.7. The Bertz CT molecular complexity index is 1570. The van der Waals surface area contributed by atoms with Crippen molar-refractivity contribution in [2.75, 3.05) is 0 Å². The number of hydrogen-bond acceptors (Lipinski definition) is 7. The first-order valence-electron chi connectivity index (χ1n) is 10.9. The molecule has 3 aromatic rings. The van der Waals surface area contributed by atoms with E-state index in [9.17, 15) is 13.2 Å². The second-order valence-electron chi connectivity index (χ2n) is 8.21. The first-order chi connectivity index (χ1) is 17.2. The van der Waals surface area contributed by atoms with Gasteiger partial charge in [-0.3, -0.25) is 10.2 Å². The third-order valence-corrected chi connectivity index (χ3v) is 7.68. The summed E-state index contributed by atoms with van der Waals surface area (Å²) in [6, 6.07) is 20.4. The fraction of sp³-hybridized carbons (Fsp3) is 0.0769. The van der Waals surface area contributed by atoms with Crippen LogP contribution in [0.2, 0.25) is 0 Å². The van der Waals surface area contributed by atoms with Gasteiger partial charge in [0.25, 0.3) is 5.91 Å². The van der Waals surface area contributed by atoms with E-state index in [4.69, 9.17) is 9.59 Å². The van der Waals surface area contributed by atoms with E-state index in [2.05, 4.69) is 10.1 Å². The molecule has 0 atom stereocenters. The molecule has 36 heavy (non-hydrogen) atoms. The van der Waals surface area contributed by atoms with Crippen LogP contribution in [0.1, 0.15) is 22.3 Å². The zero-order valence-electron chi connectivity index (χ0n) is 19.3. The van der Waals surface area contributed by atoms with Gasteiger partial charge in [0.05, 0.1) is 5.57 Å². The van der Waals surface area contributed by atoms with Crippen LogP contribution in [0.25, 0.3) is 6.08 Å². The smallest absolute Gasteiger partial charge is 0.339 e. The van der Waals surface area contributed by atoms with E-state index in [0.717, 1.165) is 16.7 Å². The second kappa shape index (κ2) is 9.21. The van der Waals surface area contributed by atoms with Crippen molar-refractivity contribution in [3.8, 4) is 5.75 Å². The zero-order chi connectivity index (χ0) is 25.4. The molecule has 10 heteroatoms. The molecule has 2 aliphatic heterocycles. The summed E-state index contributed by atoms with van der Waals surface area (Å²) < 4.78 is 30.2. The van der Waals surface area contributed by atoms with E-state index in [1.165, 1.54) is 47.1 Å². The highest BCUT2D eigenvalue weighted by molar-refractivity contribution is 8.27. The van der Waals surface area contributed by atoms with Crippen molar-refractivity contribution in [2.45, 2.75) is 18.7 Å². The molecule has 0 bridgehead atoms. The molecule has 0 saturated heterocycles. The van der Waals surface area contributed by atoms with Crippen LogP contribution in [0.3, 0.4) is 0 Å². The number of amides is 1. The van der Waals surface area contributed by atoms with Gasteiger partial charge in [0, 0.05) is 5.56 Å². The van der Waals surface area contributed by atoms with E-state index in [0.29, 0.717) is 15.8 Å². The quantitative estimate of drug-likeness (QED) is 0.387. The average molecular weight is 517 g/mol. The number of nitrogens with zero attached hydrogens (tertiary/aromatic N) is 3. The van der Waals surface area contributed by atoms with Crippen molar-refractivity contribution < 1.29 is 17.4 Å². The zero-order valence-corrected chi connectivity index (χ0v) is 20.9. The van der Waals surface area contributed by atoms with E-state index in [1.807, 2.05) is 38.1 Å². The van der Waals surface area contributed by atoms with Gasteiger partial charge >= 0.3 is 10.1 Å². The van der Waals surface area contributed by atoms with Crippen LogP contribution >= 0.6 is 11.8 Å². The predicted molar refractivity (Wildman–Crippen MR) is 141 cm³/mol. The van der Waals surface area contributed by atoms with E-state index >= 15 is 0 Å². The molecule has 8 nitrogen and oxygen atoms in total. The summed E-state index contributed by atoms with van der Waals surface area (Å²) in [6.45, 7) is 3.86. The van der Waals surface area contributed by atoms with E-state index in [1.54, 1.807) is 24.3 Å². The van der Waals surface area contributed by atoms with Crippen LogP contribution in [0.5, 0.6) is 5.75 Å². The number of carbonyl (C=O) groups is 1. The molecule has 1 amide bonds. The largest absolute Gasteiger partial charge is 0.379 e. The fourth-order valence-corrected chi connectivity index (χ4v) is 5.30. The minimum Gasteiger partial charge on any atom is -0.379 e. The number of nitrogens with one attached hydrogen (secondary N) is 1. The highest BCUT2D eigenvalue weighted by Gasteiger charge is 2.36. The van der Waals surface area contributed by atoms with Crippen molar-refractivity contribution in [3.63, 3.8) is 0 Å². The van der Waals surface area contributed by atoms with Crippen LogP contribution in [0.4, 0.5) is 0 Å². The standard InChI is InChI=1S/C26H20N4O4S2/c1-16-3-9-19(10-4-16)25-29-30-23(27)22(24(31)28-26(30)35-25)15-18-7-11-20(12-8-18)34-36(32,33)21-13-5-17(2)6-14-21/h3-15,27H,1-2H3/b22-15-,27-23?. The van der Waals surface area contributed by atoms with Gasteiger partial charge in [-0.2, -0.15) is 23.5 Å². The molecule has 0 unspecified atom stereocenters. The Hall–Kier alpha value is -4.02. The summed E-state index contributed by atoms with van der Waals surface area (Å²) in [5.41, 5.74) is 3.60. The van der Waals surface area contributed by atoms with Gasteiger partial charge in [0.1, 0.15) is 15.7 Å². The molecule has 0 spiro atoms. The fourth-order valence-electron chi connectivity index (χ4n) is 3.47. The number of aryl methyl sites for hydroxylation is 2. The summed E-state index contributed by atoms with van der Waals surface area (Å²) in [6.07, 6.45) is 1.52. The molecule has 0 radical (unpaired) electrons. The lowest BCUT2D eigenvalue weighted by molar-refractivity contribution is -0.114. The molecule has 0 saturated carbocycles. The third-order valence-electron chi connectivity index (χ3n) is 5.46. The lowest BCUT2D eigenvalue weighted by atomic mass is 10.1. The summed E-state index contributed by atoms with van der Waals surface area (Å²) in [5, 5.41) is 15.4. The number of thioether (sulfide) groups is 1. The predicted octanol–water partition coefficient (Wildman–Crippen LogP) is 4.74. The van der Waals surface area contributed by atoms with Gasteiger partial charge in [-0.05, 0) is 61.5 Å². The molecule has 0 aliphatic carbocycles. The second-order valence-corrected chi connectivity index (χ2v) is 10.7. The average Bonchev–Trinajstić information content (AvgIpc) is 3.27. The van der Waals surface area contributed by atoms with Gasteiger partial charge in [-0.15, -0.1) is 0 Å². The van der Waals surface area contributed by atoms with Crippen LogP contribution in [-0.4, -0.2) is 35.4 Å².